The molecule has 0 aromatic heterocycles. The smallest absolute Gasteiger partial charge is 0.0652 e. The van der Waals surface area contributed by atoms with Gasteiger partial charge in [-0.15, -0.1) is 0 Å². The highest BCUT2D eigenvalue weighted by Gasteiger charge is 2.42. The van der Waals surface area contributed by atoms with E-state index in [0.29, 0.717) is 5.92 Å². The van der Waals surface area contributed by atoms with Crippen LogP contribution in [0.5, 0.6) is 0 Å². The summed E-state index contributed by atoms with van der Waals surface area (Å²) in [7, 11) is 0. The van der Waals surface area contributed by atoms with E-state index in [2.05, 4.69) is 39.8 Å². The van der Waals surface area contributed by atoms with Crippen LogP contribution < -0.4 is 0 Å². The van der Waals surface area contributed by atoms with Crippen LogP contribution in [-0.2, 0) is 0 Å². The van der Waals surface area contributed by atoms with Crippen LogP contribution in [0, 0.1) is 13.8 Å². The van der Waals surface area contributed by atoms with Gasteiger partial charge in [-0.05, 0) is 57.2 Å². The molecule has 0 unspecified atom stereocenters. The maximum Gasteiger partial charge on any atom is 0.0652 e. The van der Waals surface area contributed by atoms with Gasteiger partial charge in [0.1, 0.15) is 0 Å². The predicted molar refractivity (Wildman–Crippen MR) is 77.7 cm³/mol. The van der Waals surface area contributed by atoms with Crippen LogP contribution in [-0.4, -0.2) is 11.3 Å². The van der Waals surface area contributed by atoms with Crippen molar-refractivity contribution in [2.24, 2.45) is 4.99 Å². The zero-order valence-corrected chi connectivity index (χ0v) is 12.0. The number of fused-ring (bicyclic) bond motifs is 3. The summed E-state index contributed by atoms with van der Waals surface area (Å²) >= 11 is 0. The Labute approximate surface area is 110 Å². The molecule has 1 nitrogen and oxygen atoms in total. The number of nitrogens with zero attached hydrogens (tertiary/aromatic N) is 1. The summed E-state index contributed by atoms with van der Waals surface area (Å²) in [5.74, 6) is 0.643. The van der Waals surface area contributed by atoms with Crippen molar-refractivity contribution in [1.82, 2.24) is 0 Å². The lowest BCUT2D eigenvalue weighted by Crippen LogP contribution is -2.39. The fraction of sp³-hybridized carbons (Fsp3) is 0.588. The normalized spacial score (nSPS) is 30.4. The van der Waals surface area contributed by atoms with Crippen LogP contribution in [0.1, 0.15) is 67.7 Å². The van der Waals surface area contributed by atoms with Gasteiger partial charge in [-0.25, -0.2) is 0 Å². The second-order valence-corrected chi connectivity index (χ2v) is 6.34. The van der Waals surface area contributed by atoms with Gasteiger partial charge in [0.05, 0.1) is 5.54 Å². The van der Waals surface area contributed by atoms with E-state index in [1.165, 1.54) is 48.1 Å². The molecule has 0 saturated heterocycles. The molecule has 0 spiro atoms. The first kappa shape index (κ1) is 12.0. The Morgan fingerprint density at radius 2 is 1.83 bits per heavy atom. The largest absolute Gasteiger partial charge is 0.282 e. The van der Waals surface area contributed by atoms with E-state index in [0.717, 1.165) is 0 Å². The Hall–Kier alpha value is -1.11. The van der Waals surface area contributed by atoms with Crippen molar-refractivity contribution >= 4 is 5.71 Å². The van der Waals surface area contributed by atoms with E-state index in [4.69, 9.17) is 4.99 Å². The van der Waals surface area contributed by atoms with E-state index >= 15 is 0 Å². The third-order valence-electron chi connectivity index (χ3n) is 4.98. The molecule has 1 aromatic carbocycles. The summed E-state index contributed by atoms with van der Waals surface area (Å²) in [6.07, 6.45) is 5.26. The minimum absolute atomic E-state index is 0.161. The van der Waals surface area contributed by atoms with Gasteiger partial charge in [0.25, 0.3) is 0 Å². The summed E-state index contributed by atoms with van der Waals surface area (Å²) in [5.41, 5.74) is 7.32. The number of benzene rings is 1. The average molecular weight is 241 g/mol. The summed E-state index contributed by atoms with van der Waals surface area (Å²) in [4.78, 5) is 5.10. The minimum Gasteiger partial charge on any atom is -0.282 e. The second kappa shape index (κ2) is 3.94. The van der Waals surface area contributed by atoms with E-state index in [-0.39, 0.29) is 5.54 Å². The van der Waals surface area contributed by atoms with Crippen molar-refractivity contribution in [3.63, 3.8) is 0 Å². The molecule has 0 N–H and O–H groups in total. The van der Waals surface area contributed by atoms with Crippen molar-refractivity contribution in [2.45, 2.75) is 64.8 Å². The first-order valence-corrected chi connectivity index (χ1v) is 7.20. The van der Waals surface area contributed by atoms with Gasteiger partial charge in [0.2, 0.25) is 0 Å². The lowest BCUT2D eigenvalue weighted by atomic mass is 9.66. The molecule has 1 heteroatoms. The van der Waals surface area contributed by atoms with Crippen molar-refractivity contribution < 1.29 is 0 Å². The molecule has 0 radical (unpaired) electrons. The van der Waals surface area contributed by atoms with Crippen molar-refractivity contribution in [2.75, 3.05) is 0 Å². The van der Waals surface area contributed by atoms with Gasteiger partial charge in [-0.1, -0.05) is 25.0 Å². The van der Waals surface area contributed by atoms with E-state index in [1.54, 1.807) is 5.56 Å². The molecule has 0 bridgehead atoms. The van der Waals surface area contributed by atoms with E-state index < -0.39 is 0 Å². The Bertz CT molecular complexity index is 527. The molecule has 2 aliphatic rings. The monoisotopic (exact) mass is 241 g/mol. The highest BCUT2D eigenvalue weighted by Crippen LogP contribution is 2.48. The van der Waals surface area contributed by atoms with Gasteiger partial charge in [0, 0.05) is 17.2 Å². The lowest BCUT2D eigenvalue weighted by Gasteiger charge is -2.44. The molecule has 1 saturated carbocycles. The zero-order chi connectivity index (χ0) is 12.9. The first-order chi connectivity index (χ1) is 8.53. The standard InChI is InChI=1S/C17H23N/c1-11-8-9-12(2)16-14-7-5-6-10-17(14,4)18-13(3)15(11)16/h8-9,14H,5-7,10H2,1-4H3/t14-,17+/m0/s1. The van der Waals surface area contributed by atoms with Crippen molar-refractivity contribution in [3.05, 3.63) is 34.4 Å². The number of hydrogen-bond donors (Lipinski definition) is 0. The predicted octanol–water partition coefficient (Wildman–Crippen LogP) is 4.54. The molecule has 1 aromatic rings. The SMILES string of the molecule is CC1=N[C@]2(C)CCCC[C@H]2c2c(C)ccc(C)c21. The fourth-order valence-corrected chi connectivity index (χ4v) is 4.11. The van der Waals surface area contributed by atoms with Crippen LogP contribution in [0.15, 0.2) is 17.1 Å². The van der Waals surface area contributed by atoms with Crippen molar-refractivity contribution in [1.29, 1.82) is 0 Å². The number of aliphatic imine (C=N–C) groups is 1. The third-order valence-corrected chi connectivity index (χ3v) is 4.98. The molecule has 18 heavy (non-hydrogen) atoms. The number of rotatable bonds is 0. The van der Waals surface area contributed by atoms with Gasteiger partial charge in [-0.2, -0.15) is 0 Å². The van der Waals surface area contributed by atoms with Gasteiger partial charge in [0.15, 0.2) is 0 Å². The van der Waals surface area contributed by atoms with Crippen LogP contribution in [0.4, 0.5) is 0 Å². The first-order valence-electron chi connectivity index (χ1n) is 7.20. The molecule has 1 aliphatic heterocycles. The van der Waals surface area contributed by atoms with Crippen LogP contribution in [0.2, 0.25) is 0 Å². The summed E-state index contributed by atoms with van der Waals surface area (Å²) in [6, 6.07) is 4.54. The molecule has 96 valence electrons. The molecule has 3 rings (SSSR count). The van der Waals surface area contributed by atoms with Crippen LogP contribution in [0.3, 0.4) is 0 Å². The zero-order valence-electron chi connectivity index (χ0n) is 12.0. The molecule has 1 aliphatic carbocycles. The fourth-order valence-electron chi connectivity index (χ4n) is 4.11. The Morgan fingerprint density at radius 3 is 2.61 bits per heavy atom. The molecular formula is C17H23N. The summed E-state index contributed by atoms with van der Waals surface area (Å²) in [6.45, 7) is 9.06. The van der Waals surface area contributed by atoms with Gasteiger partial charge >= 0.3 is 0 Å². The summed E-state index contributed by atoms with van der Waals surface area (Å²) < 4.78 is 0. The Morgan fingerprint density at radius 1 is 1.11 bits per heavy atom. The van der Waals surface area contributed by atoms with E-state index in [9.17, 15) is 0 Å². The highest BCUT2D eigenvalue weighted by atomic mass is 14.9. The average Bonchev–Trinajstić information content (AvgIpc) is 2.32. The molecular weight excluding hydrogens is 218 g/mol. The maximum atomic E-state index is 5.10. The van der Waals surface area contributed by atoms with E-state index in [1.807, 2.05) is 0 Å². The highest BCUT2D eigenvalue weighted by molar-refractivity contribution is 6.03. The Kier molecular flexibility index (Phi) is 2.62. The third kappa shape index (κ3) is 1.56. The lowest BCUT2D eigenvalue weighted by molar-refractivity contribution is 0.272. The number of hydrogen-bond acceptors (Lipinski definition) is 1. The molecule has 1 heterocycles. The molecule has 1 fully saturated rings. The molecule has 0 amide bonds. The number of aryl methyl sites for hydroxylation is 2. The van der Waals surface area contributed by atoms with Gasteiger partial charge in [-0.3, -0.25) is 4.99 Å². The Balaban J connectivity index is 2.27. The second-order valence-electron chi connectivity index (χ2n) is 6.34. The molecule has 2 atom stereocenters. The minimum atomic E-state index is 0.161. The van der Waals surface area contributed by atoms with Crippen molar-refractivity contribution in [3.8, 4) is 0 Å². The summed E-state index contributed by atoms with van der Waals surface area (Å²) in [5, 5.41) is 0. The quantitative estimate of drug-likeness (QED) is 0.632. The van der Waals surface area contributed by atoms with Crippen LogP contribution in [0.25, 0.3) is 0 Å². The van der Waals surface area contributed by atoms with Gasteiger partial charge < -0.3 is 0 Å². The van der Waals surface area contributed by atoms with Crippen LogP contribution >= 0.6 is 0 Å². The topological polar surface area (TPSA) is 12.4 Å². The maximum absolute atomic E-state index is 5.10.